The first-order chi connectivity index (χ1) is 11.5. The van der Waals surface area contributed by atoms with Crippen LogP contribution in [0.15, 0.2) is 24.3 Å². The van der Waals surface area contributed by atoms with Crippen LogP contribution in [0.2, 0.25) is 0 Å². The molecule has 0 saturated carbocycles. The standard InChI is InChI=1S/C20H21FO3/c1-12-9-14(24-11-19(22)23-3)10-13(2)20(12)17-7-8-18(21)16-6-4-5-15(16)17/h7-10H,4-6,11H2,1-3H3. The van der Waals surface area contributed by atoms with E-state index in [2.05, 4.69) is 4.74 Å². The van der Waals surface area contributed by atoms with Gasteiger partial charge in [0, 0.05) is 0 Å². The van der Waals surface area contributed by atoms with E-state index in [1.165, 1.54) is 7.11 Å². The van der Waals surface area contributed by atoms with Crippen LogP contribution in [0.5, 0.6) is 5.75 Å². The number of aryl methyl sites for hydroxylation is 2. The van der Waals surface area contributed by atoms with Crippen molar-refractivity contribution < 1.29 is 18.7 Å². The fourth-order valence-corrected chi connectivity index (χ4v) is 3.53. The largest absolute Gasteiger partial charge is 0.482 e. The summed E-state index contributed by atoms with van der Waals surface area (Å²) in [7, 11) is 1.33. The monoisotopic (exact) mass is 328 g/mol. The van der Waals surface area contributed by atoms with Crippen molar-refractivity contribution in [2.24, 2.45) is 0 Å². The number of ether oxygens (including phenoxy) is 2. The Bertz CT molecular complexity index is 773. The summed E-state index contributed by atoms with van der Waals surface area (Å²) >= 11 is 0. The molecule has 0 atom stereocenters. The Morgan fingerprint density at radius 3 is 2.46 bits per heavy atom. The Labute approximate surface area is 141 Å². The Morgan fingerprint density at radius 2 is 1.79 bits per heavy atom. The molecule has 4 heteroatoms. The van der Waals surface area contributed by atoms with Crippen molar-refractivity contribution in [2.45, 2.75) is 33.1 Å². The van der Waals surface area contributed by atoms with E-state index in [4.69, 9.17) is 4.74 Å². The molecular formula is C20H21FO3. The van der Waals surface area contributed by atoms with Gasteiger partial charge in [0.15, 0.2) is 6.61 Å². The number of fused-ring (bicyclic) bond motifs is 1. The number of methoxy groups -OCH3 is 1. The minimum absolute atomic E-state index is 0.0976. The van der Waals surface area contributed by atoms with E-state index < -0.39 is 5.97 Å². The van der Waals surface area contributed by atoms with Gasteiger partial charge < -0.3 is 9.47 Å². The highest BCUT2D eigenvalue weighted by Crippen LogP contribution is 2.38. The summed E-state index contributed by atoms with van der Waals surface area (Å²) < 4.78 is 24.1. The van der Waals surface area contributed by atoms with Crippen LogP contribution in [0.1, 0.15) is 28.7 Å². The number of esters is 1. The normalized spacial score (nSPS) is 12.8. The minimum atomic E-state index is -0.411. The van der Waals surface area contributed by atoms with Gasteiger partial charge >= 0.3 is 5.97 Å². The predicted molar refractivity (Wildman–Crippen MR) is 90.8 cm³/mol. The number of benzene rings is 2. The third kappa shape index (κ3) is 3.01. The number of carbonyl (C=O) groups excluding carboxylic acids is 1. The highest BCUT2D eigenvalue weighted by atomic mass is 19.1. The van der Waals surface area contributed by atoms with E-state index in [-0.39, 0.29) is 12.4 Å². The summed E-state index contributed by atoms with van der Waals surface area (Å²) in [5.41, 5.74) is 6.32. The van der Waals surface area contributed by atoms with E-state index in [0.29, 0.717) is 5.75 Å². The quantitative estimate of drug-likeness (QED) is 0.791. The Balaban J connectivity index is 1.98. The van der Waals surface area contributed by atoms with Gasteiger partial charge in [0.05, 0.1) is 7.11 Å². The molecule has 0 bridgehead atoms. The molecule has 1 aliphatic rings. The smallest absolute Gasteiger partial charge is 0.343 e. The van der Waals surface area contributed by atoms with Gasteiger partial charge in [0.2, 0.25) is 0 Å². The van der Waals surface area contributed by atoms with Gasteiger partial charge in [-0.15, -0.1) is 0 Å². The molecule has 0 radical (unpaired) electrons. The number of hydrogen-bond donors (Lipinski definition) is 0. The van der Waals surface area contributed by atoms with Crippen molar-refractivity contribution in [3.05, 3.63) is 52.3 Å². The predicted octanol–water partition coefficient (Wildman–Crippen LogP) is 4.15. The fraction of sp³-hybridized carbons (Fsp3) is 0.350. The lowest BCUT2D eigenvalue weighted by molar-refractivity contribution is -0.142. The maximum atomic E-state index is 14.0. The van der Waals surface area contributed by atoms with E-state index in [0.717, 1.165) is 52.6 Å². The summed E-state index contributed by atoms with van der Waals surface area (Å²) in [6, 6.07) is 7.27. The van der Waals surface area contributed by atoms with Crippen molar-refractivity contribution in [3.63, 3.8) is 0 Å². The highest BCUT2D eigenvalue weighted by molar-refractivity contribution is 5.76. The molecule has 1 aliphatic carbocycles. The molecule has 2 aromatic carbocycles. The molecule has 0 N–H and O–H groups in total. The molecule has 2 aromatic rings. The van der Waals surface area contributed by atoms with Gasteiger partial charge in [-0.05, 0) is 84.7 Å². The van der Waals surface area contributed by atoms with Gasteiger partial charge in [-0.1, -0.05) is 6.07 Å². The van der Waals surface area contributed by atoms with Crippen LogP contribution in [0.25, 0.3) is 11.1 Å². The van der Waals surface area contributed by atoms with E-state index >= 15 is 0 Å². The van der Waals surface area contributed by atoms with Crippen molar-refractivity contribution in [2.75, 3.05) is 13.7 Å². The summed E-state index contributed by atoms with van der Waals surface area (Å²) in [5, 5.41) is 0. The van der Waals surface area contributed by atoms with Crippen LogP contribution in [0.3, 0.4) is 0 Å². The molecule has 0 spiro atoms. The summed E-state index contributed by atoms with van der Waals surface area (Å²) in [6.45, 7) is 3.91. The molecule has 0 aromatic heterocycles. The molecule has 3 nitrogen and oxygen atoms in total. The van der Waals surface area contributed by atoms with E-state index in [1.807, 2.05) is 32.0 Å². The van der Waals surface area contributed by atoms with Crippen LogP contribution in [0.4, 0.5) is 4.39 Å². The molecule has 0 aliphatic heterocycles. The van der Waals surface area contributed by atoms with Crippen LogP contribution < -0.4 is 4.74 Å². The summed E-state index contributed by atoms with van der Waals surface area (Å²) in [6.07, 6.45) is 2.73. The molecule has 0 unspecified atom stereocenters. The van der Waals surface area contributed by atoms with Gasteiger partial charge in [0.25, 0.3) is 0 Å². The first-order valence-electron chi connectivity index (χ1n) is 8.12. The number of carbonyl (C=O) groups is 1. The van der Waals surface area contributed by atoms with Crippen LogP contribution in [-0.4, -0.2) is 19.7 Å². The molecule has 0 fully saturated rings. The molecule has 24 heavy (non-hydrogen) atoms. The van der Waals surface area contributed by atoms with Crippen molar-refractivity contribution in [3.8, 4) is 16.9 Å². The van der Waals surface area contributed by atoms with Crippen molar-refractivity contribution in [1.29, 1.82) is 0 Å². The second-order valence-electron chi connectivity index (χ2n) is 6.20. The van der Waals surface area contributed by atoms with Gasteiger partial charge in [0.1, 0.15) is 11.6 Å². The molecule has 0 amide bonds. The summed E-state index contributed by atoms with van der Waals surface area (Å²) in [4.78, 5) is 11.2. The number of rotatable bonds is 4. The zero-order valence-corrected chi connectivity index (χ0v) is 14.2. The lowest BCUT2D eigenvalue weighted by Crippen LogP contribution is -2.12. The molecule has 0 heterocycles. The van der Waals surface area contributed by atoms with Gasteiger partial charge in [-0.25, -0.2) is 9.18 Å². The first kappa shape index (κ1) is 16.5. The number of hydrogen-bond acceptors (Lipinski definition) is 3. The second-order valence-corrected chi connectivity index (χ2v) is 6.20. The van der Waals surface area contributed by atoms with Gasteiger partial charge in [-0.2, -0.15) is 0 Å². The second kappa shape index (κ2) is 6.63. The average Bonchev–Trinajstić information content (AvgIpc) is 3.04. The van der Waals surface area contributed by atoms with Crippen LogP contribution in [-0.2, 0) is 22.4 Å². The molecule has 3 rings (SSSR count). The third-order valence-electron chi connectivity index (χ3n) is 4.59. The topological polar surface area (TPSA) is 35.5 Å². The average molecular weight is 328 g/mol. The Morgan fingerprint density at radius 1 is 1.12 bits per heavy atom. The van der Waals surface area contributed by atoms with Crippen molar-refractivity contribution >= 4 is 5.97 Å². The minimum Gasteiger partial charge on any atom is -0.482 e. The molecule has 0 saturated heterocycles. The maximum absolute atomic E-state index is 14.0. The fourth-order valence-electron chi connectivity index (χ4n) is 3.53. The SMILES string of the molecule is COC(=O)COc1cc(C)c(-c2ccc(F)c3c2CCC3)c(C)c1. The van der Waals surface area contributed by atoms with E-state index in [1.54, 1.807) is 6.07 Å². The highest BCUT2D eigenvalue weighted by Gasteiger charge is 2.21. The molecule has 126 valence electrons. The van der Waals surface area contributed by atoms with Gasteiger partial charge in [-0.3, -0.25) is 0 Å². The lowest BCUT2D eigenvalue weighted by atomic mass is 9.90. The van der Waals surface area contributed by atoms with Crippen molar-refractivity contribution in [1.82, 2.24) is 0 Å². The lowest BCUT2D eigenvalue weighted by Gasteiger charge is -2.16. The zero-order chi connectivity index (χ0) is 17.3. The summed E-state index contributed by atoms with van der Waals surface area (Å²) in [5.74, 6) is 0.128. The maximum Gasteiger partial charge on any atom is 0.343 e. The van der Waals surface area contributed by atoms with Crippen LogP contribution >= 0.6 is 0 Å². The van der Waals surface area contributed by atoms with Crippen LogP contribution in [0, 0.1) is 19.7 Å². The van der Waals surface area contributed by atoms with E-state index in [9.17, 15) is 9.18 Å². The number of halogens is 1. The Kier molecular flexibility index (Phi) is 4.56. The first-order valence-corrected chi connectivity index (χ1v) is 8.12. The third-order valence-corrected chi connectivity index (χ3v) is 4.59. The zero-order valence-electron chi connectivity index (χ0n) is 14.2. The molecular weight excluding hydrogens is 307 g/mol. The Hall–Kier alpha value is -2.36.